The van der Waals surface area contributed by atoms with E-state index in [4.69, 9.17) is 0 Å². The zero-order chi connectivity index (χ0) is 18.6. The minimum atomic E-state index is 0.173. The van der Waals surface area contributed by atoms with E-state index >= 15 is 0 Å². The van der Waals surface area contributed by atoms with Crippen molar-refractivity contribution in [2.24, 2.45) is 0 Å². The quantitative estimate of drug-likeness (QED) is 0.344. The molecule has 2 N–H and O–H groups in total. The summed E-state index contributed by atoms with van der Waals surface area (Å²) in [7, 11) is 0. The Morgan fingerprint density at radius 2 is 0.920 bits per heavy atom. The molecule has 6 heteroatoms. The third kappa shape index (κ3) is 19.8. The molecule has 4 nitrogen and oxygen atoms in total. The predicted molar refractivity (Wildman–Crippen MR) is 114 cm³/mol. The van der Waals surface area contributed by atoms with Gasteiger partial charge < -0.3 is 10.6 Å². The Hall–Kier alpha value is -0.360. The first-order valence-electron chi connectivity index (χ1n) is 9.89. The molecule has 0 atom stereocenters. The van der Waals surface area contributed by atoms with Crippen molar-refractivity contribution in [1.29, 1.82) is 0 Å². The lowest BCUT2D eigenvalue weighted by Crippen LogP contribution is -2.26. The number of rotatable bonds is 18. The maximum atomic E-state index is 11.4. The van der Waals surface area contributed by atoms with Crippen LogP contribution in [0.4, 0.5) is 0 Å². The molecule has 0 radical (unpaired) electrons. The van der Waals surface area contributed by atoms with Crippen LogP contribution in [0.15, 0.2) is 0 Å². The molecule has 0 aromatic heterocycles. The van der Waals surface area contributed by atoms with Crippen molar-refractivity contribution in [3.8, 4) is 0 Å². The second kappa shape index (κ2) is 20.0. The van der Waals surface area contributed by atoms with E-state index in [0.717, 1.165) is 37.4 Å². The average molecular weight is 391 g/mol. The Kier molecular flexibility index (Phi) is 19.7. The molecule has 0 saturated carbocycles. The Bertz CT molecular complexity index is 299. The fraction of sp³-hybridized carbons (Fsp3) is 0.895. The molecule has 0 aliphatic rings. The molecule has 0 rings (SSSR count). The first kappa shape index (κ1) is 24.6. The van der Waals surface area contributed by atoms with Crippen molar-refractivity contribution < 1.29 is 9.59 Å². The van der Waals surface area contributed by atoms with Gasteiger partial charge >= 0.3 is 0 Å². The van der Waals surface area contributed by atoms with Gasteiger partial charge in [0.25, 0.3) is 0 Å². The van der Waals surface area contributed by atoms with Crippen molar-refractivity contribution in [3.63, 3.8) is 0 Å². The predicted octanol–water partition coefficient (Wildman–Crippen LogP) is 4.24. The highest BCUT2D eigenvalue weighted by molar-refractivity contribution is 8.00. The van der Waals surface area contributed by atoms with Gasteiger partial charge in [0.1, 0.15) is 0 Å². The van der Waals surface area contributed by atoms with Crippen LogP contribution >= 0.6 is 23.5 Å². The number of thioether (sulfide) groups is 2. The molecule has 0 aromatic rings. The number of hydrogen-bond donors (Lipinski definition) is 2. The second-order valence-corrected chi connectivity index (χ2v) is 8.70. The van der Waals surface area contributed by atoms with Gasteiger partial charge in [0.05, 0.1) is 11.5 Å². The highest BCUT2D eigenvalue weighted by Gasteiger charge is 2.00. The molecule has 0 aromatic carbocycles. The highest BCUT2D eigenvalue weighted by atomic mass is 32.2. The van der Waals surface area contributed by atoms with Crippen LogP contribution in [-0.2, 0) is 9.59 Å². The molecule has 0 bridgehead atoms. The van der Waals surface area contributed by atoms with Gasteiger partial charge in [-0.1, -0.05) is 58.8 Å². The normalized spacial score (nSPS) is 10.6. The largest absolute Gasteiger partial charge is 0.355 e. The molecule has 0 aliphatic carbocycles. The monoisotopic (exact) mass is 390 g/mol. The van der Waals surface area contributed by atoms with Crippen LogP contribution in [0.1, 0.15) is 71.6 Å². The fourth-order valence-electron chi connectivity index (χ4n) is 2.43. The molecule has 0 saturated heterocycles. The SMILES string of the molecule is CCSCC(=O)NCCCCCCCCCCCNC(=O)CSCC. The van der Waals surface area contributed by atoms with Crippen LogP contribution in [0.5, 0.6) is 0 Å². The van der Waals surface area contributed by atoms with E-state index < -0.39 is 0 Å². The van der Waals surface area contributed by atoms with Crippen LogP contribution < -0.4 is 10.6 Å². The summed E-state index contributed by atoms with van der Waals surface area (Å²) in [5.41, 5.74) is 0. The molecule has 25 heavy (non-hydrogen) atoms. The summed E-state index contributed by atoms with van der Waals surface area (Å²) >= 11 is 3.34. The molecule has 0 unspecified atom stereocenters. The first-order chi connectivity index (χ1) is 12.2. The summed E-state index contributed by atoms with van der Waals surface area (Å²) in [6, 6.07) is 0. The van der Waals surface area contributed by atoms with Gasteiger partial charge in [0.15, 0.2) is 0 Å². The van der Waals surface area contributed by atoms with Crippen molar-refractivity contribution in [3.05, 3.63) is 0 Å². The third-order valence-corrected chi connectivity index (χ3v) is 5.62. The van der Waals surface area contributed by atoms with Crippen LogP contribution in [0.3, 0.4) is 0 Å². The zero-order valence-corrected chi connectivity index (χ0v) is 17.9. The summed E-state index contributed by atoms with van der Waals surface area (Å²) in [5.74, 6) is 3.54. The summed E-state index contributed by atoms with van der Waals surface area (Å²) in [6.07, 6.45) is 11.0. The van der Waals surface area contributed by atoms with Crippen molar-refractivity contribution in [1.82, 2.24) is 10.6 Å². The molecule has 0 aliphatic heterocycles. The Balaban J connectivity index is 3.14. The number of hydrogen-bond acceptors (Lipinski definition) is 4. The average Bonchev–Trinajstić information content (AvgIpc) is 2.61. The van der Waals surface area contributed by atoms with E-state index in [2.05, 4.69) is 24.5 Å². The van der Waals surface area contributed by atoms with Crippen molar-refractivity contribution >= 4 is 35.3 Å². The number of amides is 2. The lowest BCUT2D eigenvalue weighted by molar-refractivity contribution is -0.119. The molecular weight excluding hydrogens is 352 g/mol. The fourth-order valence-corrected chi connectivity index (χ4v) is 3.42. The maximum absolute atomic E-state index is 11.4. The van der Waals surface area contributed by atoms with Gasteiger partial charge in [-0.15, -0.1) is 0 Å². The molecule has 2 amide bonds. The third-order valence-electron chi connectivity index (χ3n) is 3.87. The van der Waals surface area contributed by atoms with E-state index in [1.165, 1.54) is 44.9 Å². The van der Waals surface area contributed by atoms with Crippen molar-refractivity contribution in [2.75, 3.05) is 36.1 Å². The van der Waals surface area contributed by atoms with E-state index in [1.807, 2.05) is 0 Å². The number of carbonyl (C=O) groups is 2. The minimum Gasteiger partial charge on any atom is -0.355 e. The molecule has 0 fully saturated rings. The molecular formula is C19H38N2O2S2. The van der Waals surface area contributed by atoms with Crippen molar-refractivity contribution in [2.45, 2.75) is 71.6 Å². The number of carbonyl (C=O) groups excluding carboxylic acids is 2. The van der Waals surface area contributed by atoms with Crippen LogP contribution in [0, 0.1) is 0 Å². The summed E-state index contributed by atoms with van der Waals surface area (Å²) in [5, 5.41) is 5.95. The Labute approximate surface area is 163 Å². The van der Waals surface area contributed by atoms with Gasteiger partial charge in [0, 0.05) is 13.1 Å². The van der Waals surface area contributed by atoms with E-state index in [1.54, 1.807) is 23.5 Å². The lowest BCUT2D eigenvalue weighted by Gasteiger charge is -2.06. The number of nitrogens with one attached hydrogen (secondary N) is 2. The second-order valence-electron chi connectivity index (χ2n) is 6.16. The van der Waals surface area contributed by atoms with Gasteiger partial charge in [-0.05, 0) is 24.3 Å². The minimum absolute atomic E-state index is 0.173. The first-order valence-corrected chi connectivity index (χ1v) is 12.2. The molecule has 148 valence electrons. The van der Waals surface area contributed by atoms with Crippen LogP contribution in [-0.4, -0.2) is 47.9 Å². The van der Waals surface area contributed by atoms with E-state index in [9.17, 15) is 9.59 Å². The number of unbranched alkanes of at least 4 members (excludes halogenated alkanes) is 8. The Morgan fingerprint density at radius 3 is 1.24 bits per heavy atom. The van der Waals surface area contributed by atoms with Gasteiger partial charge in [-0.2, -0.15) is 23.5 Å². The summed E-state index contributed by atoms with van der Waals surface area (Å²) < 4.78 is 0. The summed E-state index contributed by atoms with van der Waals surface area (Å²) in [6.45, 7) is 5.80. The van der Waals surface area contributed by atoms with Crippen LogP contribution in [0.25, 0.3) is 0 Å². The smallest absolute Gasteiger partial charge is 0.229 e. The summed E-state index contributed by atoms with van der Waals surface area (Å²) in [4.78, 5) is 22.8. The van der Waals surface area contributed by atoms with Gasteiger partial charge in [0.2, 0.25) is 11.8 Å². The van der Waals surface area contributed by atoms with Gasteiger partial charge in [-0.25, -0.2) is 0 Å². The van der Waals surface area contributed by atoms with E-state index in [0.29, 0.717) is 11.5 Å². The zero-order valence-electron chi connectivity index (χ0n) is 16.2. The van der Waals surface area contributed by atoms with Crippen LogP contribution in [0.2, 0.25) is 0 Å². The van der Waals surface area contributed by atoms with E-state index in [-0.39, 0.29) is 11.8 Å². The Morgan fingerprint density at radius 1 is 0.600 bits per heavy atom. The standard InChI is InChI=1S/C19H38N2O2S2/c1-3-24-16-18(22)20-14-12-10-8-6-5-7-9-11-13-15-21-19(23)17-25-4-2/h3-17H2,1-2H3,(H,20,22)(H,21,23). The van der Waals surface area contributed by atoms with Gasteiger partial charge in [-0.3, -0.25) is 9.59 Å². The molecule has 0 spiro atoms. The lowest BCUT2D eigenvalue weighted by atomic mass is 10.1. The highest BCUT2D eigenvalue weighted by Crippen LogP contribution is 2.09. The topological polar surface area (TPSA) is 58.2 Å². The molecule has 0 heterocycles. The maximum Gasteiger partial charge on any atom is 0.229 e.